The third-order valence-electron chi connectivity index (χ3n) is 7.17. The second-order valence-electron chi connectivity index (χ2n) is 9.02. The minimum absolute atomic E-state index is 0.141. The van der Waals surface area contributed by atoms with Gasteiger partial charge in [0.25, 0.3) is 0 Å². The molecule has 0 radical (unpaired) electrons. The Morgan fingerprint density at radius 3 is 2.37 bits per heavy atom. The highest BCUT2D eigenvalue weighted by molar-refractivity contribution is 5.79. The van der Waals surface area contributed by atoms with Gasteiger partial charge in [-0.2, -0.15) is 0 Å². The van der Waals surface area contributed by atoms with Gasteiger partial charge in [0, 0.05) is 58.2 Å². The van der Waals surface area contributed by atoms with Crippen LogP contribution < -0.4 is 4.74 Å². The second kappa shape index (κ2) is 9.82. The number of likely N-dealkylation sites (tertiary alicyclic amines) is 2. The van der Waals surface area contributed by atoms with Gasteiger partial charge in [0.1, 0.15) is 5.75 Å². The number of carbonyl (C=O) groups is 2. The number of benzene rings is 1. The summed E-state index contributed by atoms with van der Waals surface area (Å²) in [6.07, 6.45) is 3.75. The molecule has 0 unspecified atom stereocenters. The molecule has 3 aliphatic heterocycles. The zero-order chi connectivity index (χ0) is 20.9. The third-order valence-corrected chi connectivity index (χ3v) is 7.17. The van der Waals surface area contributed by atoms with Gasteiger partial charge in [-0.3, -0.25) is 9.59 Å². The van der Waals surface area contributed by atoms with E-state index in [1.54, 1.807) is 6.92 Å². The van der Waals surface area contributed by atoms with E-state index in [0.29, 0.717) is 43.5 Å². The van der Waals surface area contributed by atoms with Crippen LogP contribution >= 0.6 is 0 Å². The maximum atomic E-state index is 12.8. The molecule has 4 rings (SSSR count). The largest absolute Gasteiger partial charge is 0.493 e. The van der Waals surface area contributed by atoms with E-state index in [9.17, 15) is 9.59 Å². The molecule has 1 aromatic carbocycles. The van der Waals surface area contributed by atoms with Gasteiger partial charge >= 0.3 is 0 Å². The highest BCUT2D eigenvalue weighted by atomic mass is 16.5. The molecule has 6 heteroatoms. The Morgan fingerprint density at radius 2 is 1.70 bits per heavy atom. The predicted molar refractivity (Wildman–Crippen MR) is 114 cm³/mol. The van der Waals surface area contributed by atoms with Gasteiger partial charge in [0.15, 0.2) is 0 Å². The molecule has 0 spiro atoms. The van der Waals surface area contributed by atoms with Crippen molar-refractivity contribution in [2.24, 2.45) is 23.7 Å². The summed E-state index contributed by atoms with van der Waals surface area (Å²) >= 11 is 0. The zero-order valence-electron chi connectivity index (χ0n) is 18.0. The number of hydrogen-bond acceptors (Lipinski definition) is 4. The first-order valence-electron chi connectivity index (χ1n) is 11.4. The van der Waals surface area contributed by atoms with Gasteiger partial charge in [0.2, 0.25) is 11.8 Å². The fourth-order valence-corrected chi connectivity index (χ4v) is 5.33. The Balaban J connectivity index is 1.33. The molecule has 2 amide bonds. The standard InChI is InChI=1S/C24H34N2O4/c1-18(27)26-15-21(17-30-22-5-3-2-4-6-22)23(16-26)19-7-11-25(12-8-19)24(28)20-9-13-29-14-10-20/h2-6,19-21,23H,7-17H2,1H3/t21-,23-/m0/s1. The molecule has 0 bridgehead atoms. The van der Waals surface area contributed by atoms with E-state index in [0.717, 1.165) is 57.6 Å². The Bertz CT molecular complexity index is 711. The maximum Gasteiger partial charge on any atom is 0.225 e. The van der Waals surface area contributed by atoms with Gasteiger partial charge in [-0.1, -0.05) is 18.2 Å². The summed E-state index contributed by atoms with van der Waals surface area (Å²) in [5.74, 6) is 2.82. The quantitative estimate of drug-likeness (QED) is 0.743. The first kappa shape index (κ1) is 21.2. The van der Waals surface area contributed by atoms with Crippen LogP contribution in [-0.2, 0) is 14.3 Å². The summed E-state index contributed by atoms with van der Waals surface area (Å²) in [5, 5.41) is 0. The van der Waals surface area contributed by atoms with Gasteiger partial charge < -0.3 is 19.3 Å². The van der Waals surface area contributed by atoms with Crippen LogP contribution in [0.15, 0.2) is 30.3 Å². The Labute approximate surface area is 179 Å². The number of hydrogen-bond donors (Lipinski definition) is 0. The molecule has 0 N–H and O–H groups in total. The topological polar surface area (TPSA) is 59.1 Å². The van der Waals surface area contributed by atoms with E-state index in [-0.39, 0.29) is 11.8 Å². The average Bonchev–Trinajstić information content (AvgIpc) is 3.23. The fourth-order valence-electron chi connectivity index (χ4n) is 5.33. The summed E-state index contributed by atoms with van der Waals surface area (Å²) in [7, 11) is 0. The fraction of sp³-hybridized carbons (Fsp3) is 0.667. The molecule has 0 aliphatic carbocycles. The van der Waals surface area contributed by atoms with E-state index >= 15 is 0 Å². The van der Waals surface area contributed by atoms with Gasteiger partial charge in [-0.05, 0) is 49.7 Å². The number of rotatable bonds is 5. The SMILES string of the molecule is CC(=O)N1C[C@@H](COc2ccccc2)[C@H](C2CCN(C(=O)C3CCOCC3)CC2)C1. The van der Waals surface area contributed by atoms with Crippen LogP contribution in [0.3, 0.4) is 0 Å². The second-order valence-corrected chi connectivity index (χ2v) is 9.02. The molecule has 3 aliphatic rings. The molecular formula is C24H34N2O4. The molecular weight excluding hydrogens is 380 g/mol. The average molecular weight is 415 g/mol. The molecule has 30 heavy (non-hydrogen) atoms. The van der Waals surface area contributed by atoms with E-state index < -0.39 is 0 Å². The smallest absolute Gasteiger partial charge is 0.225 e. The molecule has 3 saturated heterocycles. The lowest BCUT2D eigenvalue weighted by atomic mass is 9.78. The van der Waals surface area contributed by atoms with E-state index in [1.165, 1.54) is 0 Å². The van der Waals surface area contributed by atoms with Crippen molar-refractivity contribution in [1.29, 1.82) is 0 Å². The van der Waals surface area contributed by atoms with Gasteiger partial charge in [-0.25, -0.2) is 0 Å². The summed E-state index contributed by atoms with van der Waals surface area (Å²) in [4.78, 5) is 28.9. The van der Waals surface area contributed by atoms with Crippen molar-refractivity contribution in [3.05, 3.63) is 30.3 Å². The number of piperidine rings is 1. The lowest BCUT2D eigenvalue weighted by molar-refractivity contribution is -0.140. The van der Waals surface area contributed by atoms with Crippen LogP contribution in [0.2, 0.25) is 0 Å². The summed E-state index contributed by atoms with van der Waals surface area (Å²) in [6.45, 7) is 6.97. The molecule has 1 aromatic rings. The molecule has 0 aromatic heterocycles. The van der Waals surface area contributed by atoms with Crippen molar-refractivity contribution in [3.8, 4) is 5.75 Å². The molecule has 3 heterocycles. The van der Waals surface area contributed by atoms with Crippen molar-refractivity contribution in [1.82, 2.24) is 9.80 Å². The molecule has 0 saturated carbocycles. The molecule has 164 valence electrons. The van der Waals surface area contributed by atoms with Crippen LogP contribution in [0.5, 0.6) is 5.75 Å². The number of nitrogens with zero attached hydrogens (tertiary/aromatic N) is 2. The number of ether oxygens (including phenoxy) is 2. The van der Waals surface area contributed by atoms with Crippen molar-refractivity contribution >= 4 is 11.8 Å². The predicted octanol–water partition coefficient (Wildman–Crippen LogP) is 2.83. The van der Waals surface area contributed by atoms with Gasteiger partial charge in [-0.15, -0.1) is 0 Å². The highest BCUT2D eigenvalue weighted by Gasteiger charge is 2.41. The van der Waals surface area contributed by atoms with Crippen LogP contribution in [-0.4, -0.2) is 67.6 Å². The summed E-state index contributed by atoms with van der Waals surface area (Å²) < 4.78 is 11.5. The summed E-state index contributed by atoms with van der Waals surface area (Å²) in [6, 6.07) is 9.90. The minimum atomic E-state index is 0.141. The third kappa shape index (κ3) is 4.97. The van der Waals surface area contributed by atoms with Crippen molar-refractivity contribution in [2.75, 3.05) is 46.0 Å². The van der Waals surface area contributed by atoms with Gasteiger partial charge in [0.05, 0.1) is 6.61 Å². The van der Waals surface area contributed by atoms with E-state index in [2.05, 4.69) is 4.90 Å². The first-order chi connectivity index (χ1) is 14.6. The van der Waals surface area contributed by atoms with Crippen molar-refractivity contribution < 1.29 is 19.1 Å². The summed E-state index contributed by atoms with van der Waals surface area (Å²) in [5.41, 5.74) is 0. The number of para-hydroxylation sites is 1. The monoisotopic (exact) mass is 414 g/mol. The lowest BCUT2D eigenvalue weighted by Crippen LogP contribution is -2.45. The van der Waals surface area contributed by atoms with E-state index in [1.807, 2.05) is 35.2 Å². The highest BCUT2D eigenvalue weighted by Crippen LogP contribution is 2.36. The van der Waals surface area contributed by atoms with Crippen LogP contribution in [0, 0.1) is 23.7 Å². The number of amides is 2. The number of carbonyl (C=O) groups excluding carboxylic acids is 2. The molecule has 3 fully saturated rings. The Morgan fingerprint density at radius 1 is 1.00 bits per heavy atom. The Kier molecular flexibility index (Phi) is 6.93. The van der Waals surface area contributed by atoms with Crippen LogP contribution in [0.4, 0.5) is 0 Å². The molecule has 2 atom stereocenters. The normalized spacial score (nSPS) is 26.0. The van der Waals surface area contributed by atoms with E-state index in [4.69, 9.17) is 9.47 Å². The molecule has 6 nitrogen and oxygen atoms in total. The van der Waals surface area contributed by atoms with Crippen molar-refractivity contribution in [2.45, 2.75) is 32.6 Å². The Hall–Kier alpha value is -2.08. The lowest BCUT2D eigenvalue weighted by Gasteiger charge is -2.38. The van der Waals surface area contributed by atoms with Crippen molar-refractivity contribution in [3.63, 3.8) is 0 Å². The minimum Gasteiger partial charge on any atom is -0.493 e. The zero-order valence-corrected chi connectivity index (χ0v) is 18.0. The van der Waals surface area contributed by atoms with Crippen LogP contribution in [0.1, 0.15) is 32.6 Å². The maximum absolute atomic E-state index is 12.8. The van der Waals surface area contributed by atoms with Crippen LogP contribution in [0.25, 0.3) is 0 Å². The first-order valence-corrected chi connectivity index (χ1v) is 11.4.